The van der Waals surface area contributed by atoms with Crippen LogP contribution in [0, 0.1) is 0 Å². The first-order chi connectivity index (χ1) is 16.6. The number of pyridine rings is 1. The number of methoxy groups -OCH3 is 1. The number of para-hydroxylation sites is 1. The molecule has 9 heteroatoms. The van der Waals surface area contributed by atoms with E-state index < -0.39 is 0 Å². The van der Waals surface area contributed by atoms with E-state index in [1.807, 2.05) is 18.2 Å². The van der Waals surface area contributed by atoms with Gasteiger partial charge in [0.1, 0.15) is 12.4 Å². The molecule has 1 aromatic carbocycles. The van der Waals surface area contributed by atoms with E-state index in [9.17, 15) is 4.79 Å². The number of anilines is 2. The first-order valence-corrected chi connectivity index (χ1v) is 11.8. The number of amides is 1. The Morgan fingerprint density at radius 1 is 1.32 bits per heavy atom. The number of ether oxygens (including phenoxy) is 3. The summed E-state index contributed by atoms with van der Waals surface area (Å²) in [5.74, 6) is 1.08. The fourth-order valence-corrected chi connectivity index (χ4v) is 4.75. The van der Waals surface area contributed by atoms with E-state index >= 15 is 0 Å². The van der Waals surface area contributed by atoms with Crippen LogP contribution in [0.2, 0.25) is 5.02 Å². The average molecular weight is 483 g/mol. The number of benzene rings is 1. The van der Waals surface area contributed by atoms with Crippen molar-refractivity contribution in [1.82, 2.24) is 15.3 Å². The van der Waals surface area contributed by atoms with E-state index in [1.165, 1.54) is 0 Å². The zero-order valence-electron chi connectivity index (χ0n) is 19.1. The van der Waals surface area contributed by atoms with Gasteiger partial charge in [0, 0.05) is 36.5 Å². The van der Waals surface area contributed by atoms with Crippen LogP contribution in [0.15, 0.2) is 36.7 Å². The van der Waals surface area contributed by atoms with Crippen LogP contribution in [0.25, 0.3) is 11.3 Å². The summed E-state index contributed by atoms with van der Waals surface area (Å²) in [6.07, 6.45) is 5.49. The number of fused-ring (bicyclic) bond motifs is 1. The van der Waals surface area contributed by atoms with Gasteiger partial charge in [-0.3, -0.25) is 9.78 Å². The third kappa shape index (κ3) is 4.19. The molecule has 5 rings (SSSR count). The van der Waals surface area contributed by atoms with Crippen molar-refractivity contribution < 1.29 is 19.0 Å². The minimum atomic E-state index is -0.144. The molecule has 0 aliphatic carbocycles. The van der Waals surface area contributed by atoms with Crippen molar-refractivity contribution in [3.63, 3.8) is 0 Å². The van der Waals surface area contributed by atoms with Crippen molar-refractivity contribution in [2.45, 2.75) is 31.8 Å². The second-order valence-electron chi connectivity index (χ2n) is 8.54. The van der Waals surface area contributed by atoms with E-state index in [0.29, 0.717) is 46.6 Å². The Kier molecular flexibility index (Phi) is 6.34. The van der Waals surface area contributed by atoms with Gasteiger partial charge in [0.2, 0.25) is 0 Å². The van der Waals surface area contributed by atoms with Crippen LogP contribution in [-0.2, 0) is 4.74 Å². The van der Waals surface area contributed by atoms with E-state index in [2.05, 4.69) is 27.5 Å². The number of rotatable bonds is 7. The summed E-state index contributed by atoms with van der Waals surface area (Å²) in [4.78, 5) is 20.8. The minimum absolute atomic E-state index is 0.0732. The number of H-pyrrole nitrogens is 1. The molecule has 34 heavy (non-hydrogen) atoms. The van der Waals surface area contributed by atoms with E-state index in [4.69, 9.17) is 25.8 Å². The highest BCUT2D eigenvalue weighted by Crippen LogP contribution is 2.44. The molecule has 0 unspecified atom stereocenters. The molecule has 8 nitrogen and oxygen atoms in total. The molecule has 0 saturated carbocycles. The van der Waals surface area contributed by atoms with Gasteiger partial charge >= 0.3 is 0 Å². The lowest BCUT2D eigenvalue weighted by Gasteiger charge is -2.20. The lowest BCUT2D eigenvalue weighted by atomic mass is 9.98. The van der Waals surface area contributed by atoms with Gasteiger partial charge in [0.15, 0.2) is 5.75 Å². The standard InChI is InChI=1S/C25H27ClN4O4/c1-14-11-28-25(31)20-21(14)30-22(23(20)29-18-7-3-6-17(26)24(18)32-2)16-8-9-27-12-19(16)34-13-15-5-4-10-33-15/h3,6-9,12,14-15,29-30H,4-5,10-11,13H2,1-2H3,(H,28,31)/t14-,15-/m0/s1. The lowest BCUT2D eigenvalue weighted by molar-refractivity contribution is 0.0680. The molecular formula is C25H27ClN4O4. The highest BCUT2D eigenvalue weighted by molar-refractivity contribution is 6.32. The zero-order valence-corrected chi connectivity index (χ0v) is 19.9. The summed E-state index contributed by atoms with van der Waals surface area (Å²) in [6.45, 7) is 3.84. The molecule has 1 amide bonds. The molecule has 0 spiro atoms. The second kappa shape index (κ2) is 9.56. The van der Waals surface area contributed by atoms with Gasteiger partial charge in [-0.05, 0) is 31.0 Å². The van der Waals surface area contributed by atoms with Gasteiger partial charge in [-0.1, -0.05) is 24.6 Å². The number of halogens is 1. The molecule has 0 bridgehead atoms. The number of aromatic nitrogens is 2. The van der Waals surface area contributed by atoms with Gasteiger partial charge in [0.05, 0.1) is 47.1 Å². The fraction of sp³-hybridized carbons (Fsp3) is 0.360. The Morgan fingerprint density at radius 3 is 3.00 bits per heavy atom. The molecule has 178 valence electrons. The number of hydrogen-bond acceptors (Lipinski definition) is 6. The monoisotopic (exact) mass is 482 g/mol. The summed E-state index contributed by atoms with van der Waals surface area (Å²) in [7, 11) is 1.56. The van der Waals surface area contributed by atoms with Crippen molar-refractivity contribution in [3.05, 3.63) is 52.9 Å². The van der Waals surface area contributed by atoms with Crippen molar-refractivity contribution in [2.75, 3.05) is 32.2 Å². The maximum Gasteiger partial charge on any atom is 0.255 e. The molecule has 2 atom stereocenters. The summed E-state index contributed by atoms with van der Waals surface area (Å²) in [5.41, 5.74) is 4.25. The molecular weight excluding hydrogens is 456 g/mol. The summed E-state index contributed by atoms with van der Waals surface area (Å²) >= 11 is 6.36. The predicted octanol–water partition coefficient (Wildman–Crippen LogP) is 4.89. The number of hydrogen-bond donors (Lipinski definition) is 3. The molecule has 1 fully saturated rings. The number of nitrogens with zero attached hydrogens (tertiary/aromatic N) is 1. The second-order valence-corrected chi connectivity index (χ2v) is 8.95. The SMILES string of the molecule is COc1c(Cl)cccc1Nc1c(-c2ccncc2OC[C@@H]2CCCO2)[nH]c2c1C(=O)NC[C@@H]2C. The fourth-order valence-electron chi connectivity index (χ4n) is 4.50. The molecule has 0 radical (unpaired) electrons. The van der Waals surface area contributed by atoms with Crippen LogP contribution < -0.4 is 20.1 Å². The maximum atomic E-state index is 13.0. The highest BCUT2D eigenvalue weighted by Gasteiger charge is 2.32. The molecule has 1 saturated heterocycles. The maximum absolute atomic E-state index is 13.0. The molecule has 2 aliphatic rings. The summed E-state index contributed by atoms with van der Waals surface area (Å²) < 4.78 is 17.4. The Labute approximate surface area is 203 Å². The average Bonchev–Trinajstić information content (AvgIpc) is 3.49. The van der Waals surface area contributed by atoms with E-state index in [-0.39, 0.29) is 17.9 Å². The van der Waals surface area contributed by atoms with Crippen LogP contribution >= 0.6 is 11.6 Å². The molecule has 4 heterocycles. The third-order valence-electron chi connectivity index (χ3n) is 6.25. The quantitative estimate of drug-likeness (QED) is 0.443. The topological polar surface area (TPSA) is 97.5 Å². The van der Waals surface area contributed by atoms with E-state index in [0.717, 1.165) is 36.4 Å². The Hall–Kier alpha value is -3.23. The predicted molar refractivity (Wildman–Crippen MR) is 131 cm³/mol. The molecule has 3 aromatic rings. The van der Waals surface area contributed by atoms with Crippen molar-refractivity contribution in [1.29, 1.82) is 0 Å². The van der Waals surface area contributed by atoms with Gasteiger partial charge in [0.25, 0.3) is 5.91 Å². The lowest BCUT2D eigenvalue weighted by Crippen LogP contribution is -2.33. The third-order valence-corrected chi connectivity index (χ3v) is 6.55. The highest BCUT2D eigenvalue weighted by atomic mass is 35.5. The minimum Gasteiger partial charge on any atom is -0.493 e. The first-order valence-electron chi connectivity index (χ1n) is 11.4. The molecule has 2 aromatic heterocycles. The van der Waals surface area contributed by atoms with Crippen molar-refractivity contribution >= 4 is 28.9 Å². The van der Waals surface area contributed by atoms with Crippen LogP contribution in [0.4, 0.5) is 11.4 Å². The van der Waals surface area contributed by atoms with Gasteiger partial charge in [-0.25, -0.2) is 0 Å². The summed E-state index contributed by atoms with van der Waals surface area (Å²) in [6, 6.07) is 7.33. The largest absolute Gasteiger partial charge is 0.493 e. The van der Waals surface area contributed by atoms with Crippen molar-refractivity contribution in [3.8, 4) is 22.8 Å². The van der Waals surface area contributed by atoms with Crippen LogP contribution in [0.5, 0.6) is 11.5 Å². The smallest absolute Gasteiger partial charge is 0.255 e. The molecule has 3 N–H and O–H groups in total. The first kappa shape index (κ1) is 22.6. The van der Waals surface area contributed by atoms with Crippen molar-refractivity contribution in [2.24, 2.45) is 0 Å². The van der Waals surface area contributed by atoms with Gasteiger partial charge in [-0.2, -0.15) is 0 Å². The number of carbonyl (C=O) groups is 1. The Morgan fingerprint density at radius 2 is 2.21 bits per heavy atom. The normalized spacial score (nSPS) is 19.4. The Bertz CT molecular complexity index is 1210. The molecule has 2 aliphatic heterocycles. The number of carbonyl (C=O) groups excluding carboxylic acids is 1. The van der Waals surface area contributed by atoms with E-state index in [1.54, 1.807) is 25.6 Å². The number of nitrogens with one attached hydrogen (secondary N) is 3. The number of aromatic amines is 1. The van der Waals surface area contributed by atoms with Crippen LogP contribution in [0.3, 0.4) is 0 Å². The van der Waals surface area contributed by atoms with Gasteiger partial charge < -0.3 is 29.8 Å². The zero-order chi connectivity index (χ0) is 23.7. The summed E-state index contributed by atoms with van der Waals surface area (Å²) in [5, 5.41) is 6.87. The van der Waals surface area contributed by atoms with Crippen LogP contribution in [0.1, 0.15) is 41.7 Å². The van der Waals surface area contributed by atoms with Crippen LogP contribution in [-0.4, -0.2) is 48.8 Å². The Balaban J connectivity index is 1.60. The van der Waals surface area contributed by atoms with Gasteiger partial charge in [-0.15, -0.1) is 0 Å².